The number of aryl methyl sites for hydroxylation is 3. The normalized spacial score (nSPS) is 13.4. The fourth-order valence-corrected chi connectivity index (χ4v) is 2.33. The molecule has 0 amide bonds. The highest BCUT2D eigenvalue weighted by Crippen LogP contribution is 2.30. The van der Waals surface area contributed by atoms with Crippen LogP contribution in [0, 0.1) is 20.8 Å². The van der Waals surface area contributed by atoms with Gasteiger partial charge in [0.25, 0.3) is 0 Å². The van der Waals surface area contributed by atoms with Crippen molar-refractivity contribution in [1.29, 1.82) is 0 Å². The molecule has 0 spiro atoms. The molecule has 1 heterocycles. The average Bonchev–Trinajstić information content (AvgIpc) is 2.50. The van der Waals surface area contributed by atoms with E-state index in [0.717, 1.165) is 0 Å². The quantitative estimate of drug-likeness (QED) is 0.733. The third-order valence-electron chi connectivity index (χ3n) is 3.06. The third kappa shape index (κ3) is 1.45. The SMILES string of the molecule is Cc1[nH]c2c(C)ccc(C)c2c1C(C)N. The van der Waals surface area contributed by atoms with Crippen LogP contribution in [0.5, 0.6) is 0 Å². The van der Waals surface area contributed by atoms with Gasteiger partial charge in [-0.2, -0.15) is 0 Å². The number of H-pyrrole nitrogens is 1. The van der Waals surface area contributed by atoms with Crippen molar-refractivity contribution >= 4 is 10.9 Å². The maximum absolute atomic E-state index is 6.02. The first-order valence-corrected chi connectivity index (χ1v) is 5.36. The Bertz CT molecular complexity index is 507. The van der Waals surface area contributed by atoms with Crippen LogP contribution in [0.3, 0.4) is 0 Å². The molecule has 3 N–H and O–H groups in total. The van der Waals surface area contributed by atoms with Crippen LogP contribution in [0.25, 0.3) is 10.9 Å². The Labute approximate surface area is 90.5 Å². The number of nitrogens with two attached hydrogens (primary N) is 1. The molecule has 2 nitrogen and oxygen atoms in total. The maximum Gasteiger partial charge on any atom is 0.0491 e. The molecule has 15 heavy (non-hydrogen) atoms. The van der Waals surface area contributed by atoms with Crippen molar-refractivity contribution in [3.05, 3.63) is 34.5 Å². The molecule has 0 bridgehead atoms. The molecule has 2 heteroatoms. The highest BCUT2D eigenvalue weighted by Gasteiger charge is 2.14. The van der Waals surface area contributed by atoms with Crippen molar-refractivity contribution in [3.63, 3.8) is 0 Å². The number of aromatic amines is 1. The van der Waals surface area contributed by atoms with Crippen LogP contribution in [-0.4, -0.2) is 4.98 Å². The standard InChI is InChI=1S/C13H18N2/c1-7-5-6-8(2)13-11(7)12(9(3)14)10(4)15-13/h5-6,9,15H,14H2,1-4H3. The van der Waals surface area contributed by atoms with E-state index in [1.165, 1.54) is 33.3 Å². The summed E-state index contributed by atoms with van der Waals surface area (Å²) in [5, 5.41) is 1.31. The zero-order valence-corrected chi connectivity index (χ0v) is 9.81. The zero-order valence-electron chi connectivity index (χ0n) is 9.81. The van der Waals surface area contributed by atoms with Gasteiger partial charge in [-0.1, -0.05) is 12.1 Å². The van der Waals surface area contributed by atoms with Gasteiger partial charge in [0.15, 0.2) is 0 Å². The van der Waals surface area contributed by atoms with Gasteiger partial charge in [0, 0.05) is 22.6 Å². The van der Waals surface area contributed by atoms with Gasteiger partial charge in [-0.25, -0.2) is 0 Å². The Hall–Kier alpha value is -1.28. The molecule has 1 aromatic carbocycles. The summed E-state index contributed by atoms with van der Waals surface area (Å²) in [5.74, 6) is 0. The van der Waals surface area contributed by atoms with E-state index in [1.807, 2.05) is 6.92 Å². The summed E-state index contributed by atoms with van der Waals surface area (Å²) in [7, 11) is 0. The second-order valence-corrected chi connectivity index (χ2v) is 4.40. The average molecular weight is 202 g/mol. The van der Waals surface area contributed by atoms with Crippen LogP contribution < -0.4 is 5.73 Å². The summed E-state index contributed by atoms with van der Waals surface area (Å²) in [6.07, 6.45) is 0. The minimum atomic E-state index is 0.0826. The molecule has 1 atom stereocenters. The first kappa shape index (κ1) is 10.2. The van der Waals surface area contributed by atoms with E-state index in [-0.39, 0.29) is 6.04 Å². The smallest absolute Gasteiger partial charge is 0.0491 e. The number of benzene rings is 1. The van der Waals surface area contributed by atoms with Gasteiger partial charge in [-0.3, -0.25) is 0 Å². The van der Waals surface area contributed by atoms with Crippen LogP contribution in [0.15, 0.2) is 12.1 Å². The molecule has 0 saturated heterocycles. The van der Waals surface area contributed by atoms with Crippen molar-refractivity contribution in [2.45, 2.75) is 33.7 Å². The number of nitrogens with one attached hydrogen (secondary N) is 1. The molecule has 2 aromatic rings. The van der Waals surface area contributed by atoms with Crippen LogP contribution in [0.2, 0.25) is 0 Å². The Morgan fingerprint density at radius 1 is 1.13 bits per heavy atom. The summed E-state index contributed by atoms with van der Waals surface area (Å²) in [6, 6.07) is 4.40. The first-order chi connectivity index (χ1) is 7.02. The molecule has 0 fully saturated rings. The summed E-state index contributed by atoms with van der Waals surface area (Å²) < 4.78 is 0. The molecule has 0 radical (unpaired) electrons. The van der Waals surface area contributed by atoms with Crippen molar-refractivity contribution in [2.24, 2.45) is 5.73 Å². The van der Waals surface area contributed by atoms with E-state index in [1.54, 1.807) is 0 Å². The first-order valence-electron chi connectivity index (χ1n) is 5.36. The van der Waals surface area contributed by atoms with E-state index in [4.69, 9.17) is 5.73 Å². The van der Waals surface area contributed by atoms with Gasteiger partial charge in [0.1, 0.15) is 0 Å². The number of aromatic nitrogens is 1. The fraction of sp³-hybridized carbons (Fsp3) is 0.385. The molecule has 0 aliphatic rings. The van der Waals surface area contributed by atoms with Crippen molar-refractivity contribution in [1.82, 2.24) is 4.98 Å². The Balaban J connectivity index is 2.92. The monoisotopic (exact) mass is 202 g/mol. The van der Waals surface area contributed by atoms with E-state index < -0.39 is 0 Å². The zero-order chi connectivity index (χ0) is 11.2. The van der Waals surface area contributed by atoms with Crippen LogP contribution >= 0.6 is 0 Å². The third-order valence-corrected chi connectivity index (χ3v) is 3.06. The van der Waals surface area contributed by atoms with Crippen molar-refractivity contribution in [2.75, 3.05) is 0 Å². The topological polar surface area (TPSA) is 41.8 Å². The van der Waals surface area contributed by atoms with Crippen LogP contribution in [0.4, 0.5) is 0 Å². The summed E-state index contributed by atoms with van der Waals surface area (Å²) >= 11 is 0. The fourth-order valence-electron chi connectivity index (χ4n) is 2.33. The van der Waals surface area contributed by atoms with Gasteiger partial charge >= 0.3 is 0 Å². The predicted molar refractivity (Wildman–Crippen MR) is 65.1 cm³/mol. The Morgan fingerprint density at radius 3 is 2.33 bits per heavy atom. The van der Waals surface area contributed by atoms with Gasteiger partial charge < -0.3 is 10.7 Å². The number of hydrogen-bond donors (Lipinski definition) is 2. The van der Waals surface area contributed by atoms with Crippen molar-refractivity contribution in [3.8, 4) is 0 Å². The van der Waals surface area contributed by atoms with Crippen LogP contribution in [-0.2, 0) is 0 Å². The predicted octanol–water partition coefficient (Wildman–Crippen LogP) is 3.11. The summed E-state index contributed by atoms with van der Waals surface area (Å²) in [4.78, 5) is 3.44. The number of rotatable bonds is 1. The second kappa shape index (κ2) is 3.38. The maximum atomic E-state index is 6.02. The van der Waals surface area contributed by atoms with Gasteiger partial charge in [-0.15, -0.1) is 0 Å². The lowest BCUT2D eigenvalue weighted by Gasteiger charge is -2.07. The second-order valence-electron chi connectivity index (χ2n) is 4.40. The lowest BCUT2D eigenvalue weighted by Crippen LogP contribution is -2.06. The lowest BCUT2D eigenvalue weighted by molar-refractivity contribution is 0.816. The number of fused-ring (bicyclic) bond motifs is 1. The minimum Gasteiger partial charge on any atom is -0.358 e. The number of hydrogen-bond acceptors (Lipinski definition) is 1. The molecule has 1 aromatic heterocycles. The highest BCUT2D eigenvalue weighted by atomic mass is 14.7. The molecular formula is C13H18N2. The van der Waals surface area contributed by atoms with E-state index >= 15 is 0 Å². The molecule has 1 unspecified atom stereocenters. The van der Waals surface area contributed by atoms with Crippen LogP contribution in [0.1, 0.15) is 35.3 Å². The van der Waals surface area contributed by atoms with Crippen molar-refractivity contribution < 1.29 is 0 Å². The minimum absolute atomic E-state index is 0.0826. The summed E-state index contributed by atoms with van der Waals surface area (Å²) in [6.45, 7) is 8.40. The summed E-state index contributed by atoms with van der Waals surface area (Å²) in [5.41, 5.74) is 12.3. The van der Waals surface area contributed by atoms with E-state index in [2.05, 4.69) is 37.9 Å². The van der Waals surface area contributed by atoms with E-state index in [0.29, 0.717) is 0 Å². The Kier molecular flexibility index (Phi) is 2.31. The van der Waals surface area contributed by atoms with Gasteiger partial charge in [-0.05, 0) is 44.4 Å². The molecule has 80 valence electrons. The van der Waals surface area contributed by atoms with Gasteiger partial charge in [0.2, 0.25) is 0 Å². The molecule has 2 rings (SSSR count). The highest BCUT2D eigenvalue weighted by molar-refractivity contribution is 5.90. The molecule has 0 aliphatic carbocycles. The van der Waals surface area contributed by atoms with Gasteiger partial charge in [0.05, 0.1) is 0 Å². The molecule has 0 saturated carbocycles. The Morgan fingerprint density at radius 2 is 1.73 bits per heavy atom. The lowest BCUT2D eigenvalue weighted by atomic mass is 9.99. The molecular weight excluding hydrogens is 184 g/mol. The molecule has 0 aliphatic heterocycles. The largest absolute Gasteiger partial charge is 0.358 e. The van der Waals surface area contributed by atoms with E-state index in [9.17, 15) is 0 Å².